The molecule has 0 saturated carbocycles. The molecule has 0 aromatic heterocycles. The van der Waals surface area contributed by atoms with Crippen LogP contribution in [0.4, 0.5) is 4.79 Å². The van der Waals surface area contributed by atoms with Gasteiger partial charge in [-0.25, -0.2) is 22.7 Å². The lowest BCUT2D eigenvalue weighted by Gasteiger charge is -2.25. The van der Waals surface area contributed by atoms with Crippen LogP contribution in [0.25, 0.3) is 0 Å². The Kier molecular flexibility index (Phi) is 23.2. The van der Waals surface area contributed by atoms with Crippen LogP contribution in [0.2, 0.25) is 0 Å². The molecular weight excluding hydrogens is 893 g/mol. The zero-order valence-corrected chi connectivity index (χ0v) is 42.7. The van der Waals surface area contributed by atoms with Crippen molar-refractivity contribution in [2.45, 2.75) is 163 Å². The standard InChI is InChI=1S/C49H76N8O10S/c1-13-20-40(45(62)66-30-36-21-15-14-16-22-36)56-44(61)39(55-43(60)38(54-41(59)29-53-35(6)58)23-17-18-27-52-47(63)67-49(10,11)12)24-19-28-51-46(50)57-68(64,65)42-33(4)31(2)32(3)37(34(42)5)25-26-48(7,8)9/h13-16,21-22,38-40H,1,17-20,23-30H2,2-12H3,(H,52,63)(H,53,58)(H,54,59)(H,55,60)(H,56,61)(H3,50,51,57)/t38-,39-,40+/m1/s1. The van der Waals surface area contributed by atoms with E-state index in [0.717, 1.165) is 28.7 Å². The predicted molar refractivity (Wildman–Crippen MR) is 263 cm³/mol. The number of carbonyl (C=O) groups is 6. The minimum Gasteiger partial charge on any atom is -0.459 e. The number of alkyl carbamates (subject to hydrolysis) is 1. The van der Waals surface area contributed by atoms with Crippen molar-refractivity contribution in [1.82, 2.24) is 31.3 Å². The number of nitrogens with one attached hydrogen (secondary N) is 6. The van der Waals surface area contributed by atoms with E-state index in [4.69, 9.17) is 15.2 Å². The second-order valence-corrected chi connectivity index (χ2v) is 20.7. The first-order chi connectivity index (χ1) is 31.6. The van der Waals surface area contributed by atoms with Crippen LogP contribution < -0.4 is 37.0 Å². The average Bonchev–Trinajstić information content (AvgIpc) is 3.23. The van der Waals surface area contributed by atoms with Gasteiger partial charge in [0.1, 0.15) is 30.3 Å². The minimum atomic E-state index is -4.18. The molecule has 3 atom stereocenters. The van der Waals surface area contributed by atoms with Gasteiger partial charge in [0.05, 0.1) is 11.4 Å². The number of hydrogen-bond donors (Lipinski definition) is 7. The quantitative estimate of drug-likeness (QED) is 0.0232. The van der Waals surface area contributed by atoms with Crippen molar-refractivity contribution in [1.29, 1.82) is 0 Å². The summed E-state index contributed by atoms with van der Waals surface area (Å²) in [5, 5.41) is 13.0. The molecule has 0 radical (unpaired) electrons. The molecule has 378 valence electrons. The Morgan fingerprint density at radius 1 is 0.794 bits per heavy atom. The van der Waals surface area contributed by atoms with Crippen LogP contribution in [-0.2, 0) is 56.5 Å². The highest BCUT2D eigenvalue weighted by molar-refractivity contribution is 7.90. The Balaban J connectivity index is 2.37. The molecule has 0 unspecified atom stereocenters. The fourth-order valence-corrected chi connectivity index (χ4v) is 8.62. The van der Waals surface area contributed by atoms with Crippen molar-refractivity contribution in [3.8, 4) is 0 Å². The zero-order valence-electron chi connectivity index (χ0n) is 41.9. The molecule has 2 aromatic rings. The molecule has 18 nitrogen and oxygen atoms in total. The summed E-state index contributed by atoms with van der Waals surface area (Å²) in [6.07, 6.45) is 3.20. The molecular formula is C49H76N8O10S. The SMILES string of the molecule is C=CC[C@H](NC(=O)[C@@H](CCCN=C(N)NS(=O)(=O)c1c(C)c(C)c(C)c(CCC(C)(C)C)c1C)NC(=O)[C@@H](CCCCNC(=O)OC(C)(C)C)NC(=O)CNC(C)=O)C(=O)OCc1ccccc1. The lowest BCUT2D eigenvalue weighted by Crippen LogP contribution is -2.56. The number of unbranched alkanes of at least 4 members (excludes halogenated alkanes) is 1. The number of nitrogens with zero attached hydrogens (tertiary/aromatic N) is 1. The molecule has 0 spiro atoms. The van der Waals surface area contributed by atoms with Gasteiger partial charge in [-0.05, 0) is 139 Å². The molecule has 19 heteroatoms. The Bertz CT molecular complexity index is 2220. The summed E-state index contributed by atoms with van der Waals surface area (Å²) in [5.74, 6) is -3.75. The van der Waals surface area contributed by atoms with Gasteiger partial charge >= 0.3 is 12.1 Å². The second kappa shape index (κ2) is 27.1. The summed E-state index contributed by atoms with van der Waals surface area (Å²) in [5.41, 5.74) is 10.4. The number of rotatable bonds is 25. The number of sulfonamides is 1. The maximum absolute atomic E-state index is 14.0. The third kappa shape index (κ3) is 20.9. The van der Waals surface area contributed by atoms with Crippen LogP contribution >= 0.6 is 0 Å². The van der Waals surface area contributed by atoms with Crippen molar-refractivity contribution in [2.24, 2.45) is 16.1 Å². The monoisotopic (exact) mass is 969 g/mol. The second-order valence-electron chi connectivity index (χ2n) is 19.1. The molecule has 68 heavy (non-hydrogen) atoms. The molecule has 0 fully saturated rings. The molecule has 0 saturated heterocycles. The summed E-state index contributed by atoms with van der Waals surface area (Å²) in [6, 6.07) is 5.28. The number of amides is 5. The van der Waals surface area contributed by atoms with E-state index in [1.165, 1.54) is 13.0 Å². The number of esters is 1. The summed E-state index contributed by atoms with van der Waals surface area (Å²) >= 11 is 0. The van der Waals surface area contributed by atoms with Gasteiger partial charge in [0.25, 0.3) is 10.0 Å². The molecule has 5 amide bonds. The highest BCUT2D eigenvalue weighted by atomic mass is 32.2. The molecule has 0 aliphatic carbocycles. The van der Waals surface area contributed by atoms with Crippen molar-refractivity contribution >= 4 is 51.7 Å². The third-order valence-corrected chi connectivity index (χ3v) is 12.5. The predicted octanol–water partition coefficient (Wildman–Crippen LogP) is 4.88. The fraction of sp³-hybridized carbons (Fsp3) is 0.571. The number of guanidine groups is 1. The average molecular weight is 969 g/mol. The van der Waals surface area contributed by atoms with Crippen LogP contribution in [0.1, 0.15) is 127 Å². The van der Waals surface area contributed by atoms with Gasteiger partial charge in [-0.15, -0.1) is 6.58 Å². The van der Waals surface area contributed by atoms with Crippen LogP contribution in [-0.4, -0.2) is 93.4 Å². The first-order valence-corrected chi connectivity index (χ1v) is 24.5. The molecule has 0 aliphatic heterocycles. The lowest BCUT2D eigenvalue weighted by atomic mass is 9.85. The molecule has 0 heterocycles. The number of benzene rings is 2. The summed E-state index contributed by atoms with van der Waals surface area (Å²) < 4.78 is 41.0. The molecule has 0 bridgehead atoms. The van der Waals surface area contributed by atoms with E-state index in [-0.39, 0.29) is 61.6 Å². The molecule has 2 rings (SSSR count). The van der Waals surface area contributed by atoms with E-state index in [1.807, 2.05) is 19.9 Å². The number of hydrogen-bond acceptors (Lipinski definition) is 11. The largest absolute Gasteiger partial charge is 0.459 e. The Labute approximate surface area is 403 Å². The van der Waals surface area contributed by atoms with E-state index < -0.39 is 76.0 Å². The van der Waals surface area contributed by atoms with Gasteiger partial charge < -0.3 is 41.8 Å². The smallest absolute Gasteiger partial charge is 0.407 e. The fourth-order valence-electron chi connectivity index (χ4n) is 7.09. The van der Waals surface area contributed by atoms with E-state index in [0.29, 0.717) is 30.4 Å². The summed E-state index contributed by atoms with van der Waals surface area (Å²) in [6.45, 7) is 23.7. The topological polar surface area (TPSA) is 266 Å². The number of ether oxygens (including phenoxy) is 2. The summed E-state index contributed by atoms with van der Waals surface area (Å²) in [7, 11) is -4.18. The molecule has 0 aliphatic rings. The molecule has 2 aromatic carbocycles. The third-order valence-electron chi connectivity index (χ3n) is 10.9. The highest BCUT2D eigenvalue weighted by Gasteiger charge is 2.31. The Morgan fingerprint density at radius 3 is 1.99 bits per heavy atom. The highest BCUT2D eigenvalue weighted by Crippen LogP contribution is 2.33. The van der Waals surface area contributed by atoms with E-state index in [1.54, 1.807) is 58.9 Å². The zero-order chi connectivity index (χ0) is 51.4. The molecule has 8 N–H and O–H groups in total. The van der Waals surface area contributed by atoms with Gasteiger partial charge in [0.15, 0.2) is 0 Å². The normalized spacial score (nSPS) is 13.2. The van der Waals surface area contributed by atoms with Gasteiger partial charge in [-0.1, -0.05) is 57.2 Å². The van der Waals surface area contributed by atoms with Crippen LogP contribution in [0.5, 0.6) is 0 Å². The van der Waals surface area contributed by atoms with E-state index in [9.17, 15) is 37.2 Å². The van der Waals surface area contributed by atoms with Gasteiger partial charge in [-0.3, -0.25) is 24.2 Å². The first-order valence-electron chi connectivity index (χ1n) is 23.0. The Hall–Kier alpha value is -5.98. The van der Waals surface area contributed by atoms with Crippen LogP contribution in [0.3, 0.4) is 0 Å². The maximum Gasteiger partial charge on any atom is 0.407 e. The first kappa shape index (κ1) is 58.1. The minimum absolute atomic E-state index is 0.00228. The van der Waals surface area contributed by atoms with Gasteiger partial charge in [0.2, 0.25) is 29.6 Å². The number of carbonyl (C=O) groups excluding carboxylic acids is 6. The van der Waals surface area contributed by atoms with Crippen molar-refractivity contribution < 1.29 is 46.7 Å². The van der Waals surface area contributed by atoms with Gasteiger partial charge in [0, 0.05) is 20.0 Å². The van der Waals surface area contributed by atoms with Crippen LogP contribution in [0, 0.1) is 33.1 Å². The lowest BCUT2D eigenvalue weighted by molar-refractivity contribution is -0.149. The van der Waals surface area contributed by atoms with Crippen molar-refractivity contribution in [3.05, 3.63) is 76.4 Å². The van der Waals surface area contributed by atoms with Crippen molar-refractivity contribution in [2.75, 3.05) is 19.6 Å². The summed E-state index contributed by atoms with van der Waals surface area (Å²) in [4.78, 5) is 82.2. The van der Waals surface area contributed by atoms with Crippen LogP contribution in [0.15, 0.2) is 52.9 Å². The van der Waals surface area contributed by atoms with Crippen molar-refractivity contribution in [3.63, 3.8) is 0 Å². The van der Waals surface area contributed by atoms with E-state index >= 15 is 0 Å². The van der Waals surface area contributed by atoms with E-state index in [2.05, 4.69) is 63.6 Å². The number of nitrogens with two attached hydrogens (primary N) is 1. The number of aliphatic imine (C=N–C) groups is 1. The van der Waals surface area contributed by atoms with Gasteiger partial charge in [-0.2, -0.15) is 0 Å². The maximum atomic E-state index is 14.0. The Morgan fingerprint density at radius 2 is 1.40 bits per heavy atom.